The molecule has 106 valence electrons. The Morgan fingerprint density at radius 1 is 1.30 bits per heavy atom. The van der Waals surface area contributed by atoms with E-state index in [0.717, 1.165) is 4.31 Å². The van der Waals surface area contributed by atoms with Gasteiger partial charge in [0.15, 0.2) is 0 Å². The van der Waals surface area contributed by atoms with Gasteiger partial charge in [0.05, 0.1) is 6.61 Å². The number of hydrogen-bond acceptors (Lipinski definition) is 4. The Morgan fingerprint density at radius 2 is 1.95 bits per heavy atom. The van der Waals surface area contributed by atoms with Crippen molar-refractivity contribution in [1.29, 1.82) is 0 Å². The molecule has 1 aromatic carbocycles. The van der Waals surface area contributed by atoms with E-state index in [-0.39, 0.29) is 17.9 Å². The van der Waals surface area contributed by atoms with Crippen LogP contribution < -0.4 is 0 Å². The van der Waals surface area contributed by atoms with Crippen LogP contribution in [0.3, 0.4) is 0 Å². The molecule has 0 aromatic heterocycles. The van der Waals surface area contributed by atoms with Gasteiger partial charge in [-0.1, -0.05) is 30.3 Å². The van der Waals surface area contributed by atoms with E-state index in [2.05, 4.69) is 4.40 Å². The van der Waals surface area contributed by atoms with E-state index in [4.69, 9.17) is 4.74 Å². The largest absolute Gasteiger partial charge is 0.462 e. The first kappa shape index (κ1) is 14.3. The van der Waals surface area contributed by atoms with Gasteiger partial charge in [0.2, 0.25) is 0 Å². The second-order valence-corrected chi connectivity index (χ2v) is 5.72. The van der Waals surface area contributed by atoms with Gasteiger partial charge in [0.1, 0.15) is 11.3 Å². The number of ether oxygens (including phenoxy) is 1. The SMILES string of the molecule is CCOC(=O)C1=CN(C)S(=O)(=O)N=C1c1ccccc1. The lowest BCUT2D eigenvalue weighted by Crippen LogP contribution is -2.30. The van der Waals surface area contributed by atoms with E-state index >= 15 is 0 Å². The van der Waals surface area contributed by atoms with Gasteiger partial charge in [-0.15, -0.1) is 4.40 Å². The van der Waals surface area contributed by atoms with E-state index < -0.39 is 16.2 Å². The molecule has 1 aliphatic rings. The minimum absolute atomic E-state index is 0.0992. The maximum Gasteiger partial charge on any atom is 0.344 e. The van der Waals surface area contributed by atoms with E-state index in [0.29, 0.717) is 5.56 Å². The van der Waals surface area contributed by atoms with E-state index in [1.165, 1.54) is 13.2 Å². The van der Waals surface area contributed by atoms with Crippen molar-refractivity contribution < 1.29 is 17.9 Å². The quantitative estimate of drug-likeness (QED) is 0.783. The van der Waals surface area contributed by atoms with Crippen LogP contribution in [0.2, 0.25) is 0 Å². The van der Waals surface area contributed by atoms with Crippen LogP contribution in [0.25, 0.3) is 0 Å². The minimum Gasteiger partial charge on any atom is -0.462 e. The van der Waals surface area contributed by atoms with Gasteiger partial charge in [-0.2, -0.15) is 8.42 Å². The average molecular weight is 294 g/mol. The summed E-state index contributed by atoms with van der Waals surface area (Å²) in [4.78, 5) is 11.9. The summed E-state index contributed by atoms with van der Waals surface area (Å²) >= 11 is 0. The van der Waals surface area contributed by atoms with Crippen molar-refractivity contribution in [3.05, 3.63) is 47.7 Å². The molecular weight excluding hydrogens is 280 g/mol. The highest BCUT2D eigenvalue weighted by Gasteiger charge is 2.29. The Morgan fingerprint density at radius 3 is 2.55 bits per heavy atom. The predicted octanol–water partition coefficient (Wildman–Crippen LogP) is 1.11. The summed E-state index contributed by atoms with van der Waals surface area (Å²) in [6, 6.07) is 8.65. The fourth-order valence-electron chi connectivity index (χ4n) is 1.70. The molecule has 1 aliphatic heterocycles. The lowest BCUT2D eigenvalue weighted by Gasteiger charge is -2.20. The van der Waals surface area contributed by atoms with Crippen molar-refractivity contribution in [2.75, 3.05) is 13.7 Å². The molecule has 1 aromatic rings. The van der Waals surface area contributed by atoms with Gasteiger partial charge in [0.25, 0.3) is 0 Å². The first-order valence-corrected chi connectivity index (χ1v) is 7.38. The van der Waals surface area contributed by atoms with Crippen molar-refractivity contribution in [3.8, 4) is 0 Å². The highest BCUT2D eigenvalue weighted by molar-refractivity contribution is 7.88. The lowest BCUT2D eigenvalue weighted by molar-refractivity contribution is -0.137. The Labute approximate surface area is 117 Å². The second-order valence-electron chi connectivity index (χ2n) is 4.06. The Balaban J connectivity index is 2.54. The standard InChI is InChI=1S/C13H14N2O4S/c1-3-19-13(16)11-9-15(2)20(17,18)14-12(11)10-7-5-4-6-8-10/h4-9H,3H2,1-2H3. The lowest BCUT2D eigenvalue weighted by atomic mass is 10.0. The monoisotopic (exact) mass is 294 g/mol. The third kappa shape index (κ3) is 2.72. The molecule has 0 atom stereocenters. The van der Waals surface area contributed by atoms with Gasteiger partial charge < -0.3 is 4.74 Å². The van der Waals surface area contributed by atoms with Crippen LogP contribution in [0.1, 0.15) is 12.5 Å². The number of nitrogens with zero attached hydrogens (tertiary/aromatic N) is 2. The maximum absolute atomic E-state index is 11.9. The molecule has 0 aliphatic carbocycles. The van der Waals surface area contributed by atoms with Crippen molar-refractivity contribution in [3.63, 3.8) is 0 Å². The number of benzene rings is 1. The molecular formula is C13H14N2O4S. The smallest absolute Gasteiger partial charge is 0.344 e. The van der Waals surface area contributed by atoms with Crippen LogP contribution in [-0.2, 0) is 19.7 Å². The normalized spacial score (nSPS) is 17.2. The van der Waals surface area contributed by atoms with E-state index in [1.54, 1.807) is 37.3 Å². The summed E-state index contributed by atoms with van der Waals surface area (Å²) in [6.45, 7) is 1.88. The van der Waals surface area contributed by atoms with Crippen LogP contribution in [-0.4, -0.2) is 38.1 Å². The van der Waals surface area contributed by atoms with Gasteiger partial charge >= 0.3 is 16.2 Å². The molecule has 0 saturated heterocycles. The topological polar surface area (TPSA) is 76.0 Å². The maximum atomic E-state index is 11.9. The van der Waals surface area contributed by atoms with Gasteiger partial charge in [-0.3, -0.25) is 4.31 Å². The van der Waals surface area contributed by atoms with Gasteiger partial charge in [-0.25, -0.2) is 4.79 Å². The third-order valence-electron chi connectivity index (χ3n) is 2.68. The fraction of sp³-hybridized carbons (Fsp3) is 0.231. The summed E-state index contributed by atoms with van der Waals surface area (Å²) in [5.41, 5.74) is 0.765. The average Bonchev–Trinajstić information content (AvgIpc) is 2.42. The molecule has 0 unspecified atom stereocenters. The first-order chi connectivity index (χ1) is 9.45. The fourth-order valence-corrected chi connectivity index (χ4v) is 2.50. The molecule has 0 bridgehead atoms. The summed E-state index contributed by atoms with van der Waals surface area (Å²) in [5.74, 6) is -0.600. The van der Waals surface area contributed by atoms with E-state index in [1.807, 2.05) is 0 Å². The van der Waals surface area contributed by atoms with Crippen molar-refractivity contribution >= 4 is 21.9 Å². The molecule has 0 saturated carbocycles. The first-order valence-electron chi connectivity index (χ1n) is 5.98. The predicted molar refractivity (Wildman–Crippen MR) is 74.4 cm³/mol. The third-order valence-corrected chi connectivity index (χ3v) is 3.93. The Bertz CT molecular complexity index is 678. The zero-order valence-electron chi connectivity index (χ0n) is 11.1. The van der Waals surface area contributed by atoms with Gasteiger partial charge in [0, 0.05) is 18.8 Å². The van der Waals surface area contributed by atoms with Crippen LogP contribution >= 0.6 is 0 Å². The summed E-state index contributed by atoms with van der Waals surface area (Å²) in [6.07, 6.45) is 1.22. The van der Waals surface area contributed by atoms with Crippen molar-refractivity contribution in [2.45, 2.75) is 6.92 Å². The van der Waals surface area contributed by atoms with Crippen LogP contribution in [0.4, 0.5) is 0 Å². The number of carbonyl (C=O) groups excluding carboxylic acids is 1. The van der Waals surface area contributed by atoms with Gasteiger partial charge in [-0.05, 0) is 6.92 Å². The summed E-state index contributed by atoms with van der Waals surface area (Å²) in [5, 5.41) is 0. The van der Waals surface area contributed by atoms with Crippen LogP contribution in [0, 0.1) is 0 Å². The molecule has 0 amide bonds. The number of esters is 1. The zero-order chi connectivity index (χ0) is 14.8. The zero-order valence-corrected chi connectivity index (χ0v) is 11.9. The molecule has 7 heteroatoms. The summed E-state index contributed by atoms with van der Waals surface area (Å²) in [7, 11) is -2.48. The van der Waals surface area contributed by atoms with Crippen LogP contribution in [0.15, 0.2) is 46.5 Å². The molecule has 1 heterocycles. The molecule has 6 nitrogen and oxygen atoms in total. The van der Waals surface area contributed by atoms with E-state index in [9.17, 15) is 13.2 Å². The highest BCUT2D eigenvalue weighted by Crippen LogP contribution is 2.20. The number of carbonyl (C=O) groups is 1. The second kappa shape index (κ2) is 5.46. The molecule has 0 radical (unpaired) electrons. The Hall–Kier alpha value is -2.15. The highest BCUT2D eigenvalue weighted by atomic mass is 32.2. The Kier molecular flexibility index (Phi) is 3.89. The minimum atomic E-state index is -3.80. The van der Waals surface area contributed by atoms with Crippen molar-refractivity contribution in [2.24, 2.45) is 4.40 Å². The van der Waals surface area contributed by atoms with Crippen molar-refractivity contribution in [1.82, 2.24) is 4.31 Å². The molecule has 2 rings (SSSR count). The number of rotatable bonds is 3. The summed E-state index contributed by atoms with van der Waals surface area (Å²) < 4.78 is 33.2. The molecule has 0 fully saturated rings. The number of hydrogen-bond donors (Lipinski definition) is 0. The van der Waals surface area contributed by atoms with Crippen LogP contribution in [0.5, 0.6) is 0 Å². The molecule has 0 spiro atoms. The molecule has 0 N–H and O–H groups in total. The molecule has 20 heavy (non-hydrogen) atoms.